The molecule has 1 aromatic carbocycles. The topological polar surface area (TPSA) is 103 Å². The van der Waals surface area contributed by atoms with Gasteiger partial charge >= 0.3 is 0 Å². The van der Waals surface area contributed by atoms with Gasteiger partial charge in [-0.15, -0.1) is 0 Å². The molecule has 2 N–H and O–H groups in total. The van der Waals surface area contributed by atoms with Gasteiger partial charge in [-0.2, -0.15) is 5.10 Å². The number of nitrogens with two attached hydrogens (primary N) is 1. The van der Waals surface area contributed by atoms with Crippen molar-refractivity contribution < 1.29 is 14.3 Å². The zero-order valence-electron chi connectivity index (χ0n) is 16.3. The standard InChI is InChI=1S/C20H26ClN5O3/c21-16-4-1-5-17(10-16)29-13-20(11-18(22)27)7-3-8-25(12-20)19(28)6-2-9-26-15-23-14-24-26/h1,4-5,10,14-15H,2-3,6-9,11-13H2,(H2,22,27)/t20-/m0/s1. The Balaban J connectivity index is 1.60. The lowest BCUT2D eigenvalue weighted by Crippen LogP contribution is -2.50. The molecule has 2 heterocycles. The summed E-state index contributed by atoms with van der Waals surface area (Å²) in [7, 11) is 0. The van der Waals surface area contributed by atoms with Crippen LogP contribution in [0.4, 0.5) is 0 Å². The average Bonchev–Trinajstić information content (AvgIpc) is 3.20. The molecule has 9 heteroatoms. The highest BCUT2D eigenvalue weighted by Gasteiger charge is 2.39. The second kappa shape index (κ2) is 9.73. The number of nitrogens with zero attached hydrogens (tertiary/aromatic N) is 4. The third-order valence-electron chi connectivity index (χ3n) is 5.15. The van der Waals surface area contributed by atoms with Crippen LogP contribution in [0.25, 0.3) is 0 Å². The maximum Gasteiger partial charge on any atom is 0.222 e. The third-order valence-corrected chi connectivity index (χ3v) is 5.38. The highest BCUT2D eigenvalue weighted by atomic mass is 35.5. The summed E-state index contributed by atoms with van der Waals surface area (Å²) in [6.45, 7) is 2.08. The minimum atomic E-state index is -0.492. The van der Waals surface area contributed by atoms with E-state index in [0.717, 1.165) is 12.8 Å². The normalized spacial score (nSPS) is 19.1. The quantitative estimate of drug-likeness (QED) is 0.671. The summed E-state index contributed by atoms with van der Waals surface area (Å²) in [5.41, 5.74) is 5.03. The molecule has 1 fully saturated rings. The molecular weight excluding hydrogens is 394 g/mol. The predicted molar refractivity (Wildman–Crippen MR) is 108 cm³/mol. The number of piperidine rings is 1. The van der Waals surface area contributed by atoms with Gasteiger partial charge in [0.1, 0.15) is 18.4 Å². The number of benzene rings is 1. The first kappa shape index (κ1) is 21.1. The van der Waals surface area contributed by atoms with Crippen molar-refractivity contribution in [3.8, 4) is 5.75 Å². The predicted octanol–water partition coefficient (Wildman–Crippen LogP) is 2.27. The van der Waals surface area contributed by atoms with E-state index in [0.29, 0.717) is 49.9 Å². The van der Waals surface area contributed by atoms with Crippen LogP contribution in [0, 0.1) is 5.41 Å². The van der Waals surface area contributed by atoms with Crippen LogP contribution in [-0.2, 0) is 16.1 Å². The summed E-state index contributed by atoms with van der Waals surface area (Å²) in [6.07, 6.45) is 5.97. The fraction of sp³-hybridized carbons (Fsp3) is 0.500. The van der Waals surface area contributed by atoms with Gasteiger partial charge < -0.3 is 15.4 Å². The van der Waals surface area contributed by atoms with Crippen LogP contribution < -0.4 is 10.5 Å². The molecular formula is C20H26ClN5O3. The molecule has 1 aliphatic heterocycles. The van der Waals surface area contributed by atoms with E-state index in [1.807, 2.05) is 17.0 Å². The molecule has 29 heavy (non-hydrogen) atoms. The molecule has 1 saturated heterocycles. The van der Waals surface area contributed by atoms with E-state index in [4.69, 9.17) is 22.1 Å². The summed E-state index contributed by atoms with van der Waals surface area (Å²) in [6, 6.07) is 7.13. The van der Waals surface area contributed by atoms with E-state index < -0.39 is 5.41 Å². The Morgan fingerprint density at radius 1 is 1.34 bits per heavy atom. The summed E-state index contributed by atoms with van der Waals surface area (Å²) in [4.78, 5) is 30.2. The van der Waals surface area contributed by atoms with Gasteiger partial charge in [-0.3, -0.25) is 14.3 Å². The van der Waals surface area contributed by atoms with Crippen LogP contribution in [0.2, 0.25) is 5.02 Å². The monoisotopic (exact) mass is 419 g/mol. The van der Waals surface area contributed by atoms with Gasteiger partial charge in [-0.1, -0.05) is 17.7 Å². The average molecular weight is 420 g/mol. The Morgan fingerprint density at radius 3 is 2.93 bits per heavy atom. The van der Waals surface area contributed by atoms with Gasteiger partial charge in [0.25, 0.3) is 0 Å². The SMILES string of the molecule is NC(=O)C[C@@]1(COc2cccc(Cl)c2)CCCN(C(=O)CCCn2cncn2)C1. The fourth-order valence-electron chi connectivity index (χ4n) is 3.80. The van der Waals surface area contributed by atoms with Crippen molar-refractivity contribution in [2.24, 2.45) is 11.1 Å². The van der Waals surface area contributed by atoms with Crippen LogP contribution in [0.5, 0.6) is 5.75 Å². The van der Waals surface area contributed by atoms with Gasteiger partial charge in [-0.05, 0) is 37.5 Å². The van der Waals surface area contributed by atoms with Crippen molar-refractivity contribution >= 4 is 23.4 Å². The molecule has 0 aliphatic carbocycles. The molecule has 0 bridgehead atoms. The minimum Gasteiger partial charge on any atom is -0.493 e. The largest absolute Gasteiger partial charge is 0.493 e. The van der Waals surface area contributed by atoms with E-state index in [-0.39, 0.29) is 18.2 Å². The molecule has 1 aliphatic rings. The fourth-order valence-corrected chi connectivity index (χ4v) is 3.98. The number of rotatable bonds is 9. The van der Waals surface area contributed by atoms with Gasteiger partial charge in [-0.25, -0.2) is 4.98 Å². The lowest BCUT2D eigenvalue weighted by atomic mass is 9.77. The van der Waals surface area contributed by atoms with Gasteiger partial charge in [0.2, 0.25) is 11.8 Å². The number of hydrogen-bond donors (Lipinski definition) is 1. The smallest absolute Gasteiger partial charge is 0.222 e. The third kappa shape index (κ3) is 6.19. The number of ether oxygens (including phenoxy) is 1. The second-order valence-corrected chi connectivity index (χ2v) is 8.01. The van der Waals surface area contributed by atoms with Crippen LogP contribution in [-0.4, -0.2) is 51.2 Å². The van der Waals surface area contributed by atoms with E-state index in [2.05, 4.69) is 10.1 Å². The molecule has 0 radical (unpaired) electrons. The number of carbonyl (C=O) groups excluding carboxylic acids is 2. The number of primary amides is 1. The minimum absolute atomic E-state index is 0.0708. The van der Waals surface area contributed by atoms with Gasteiger partial charge in [0, 0.05) is 42.9 Å². The van der Waals surface area contributed by atoms with Crippen molar-refractivity contribution in [3.05, 3.63) is 41.9 Å². The summed E-state index contributed by atoms with van der Waals surface area (Å²) >= 11 is 6.02. The Labute approximate surface area is 175 Å². The number of hydrogen-bond acceptors (Lipinski definition) is 5. The first-order valence-corrected chi connectivity index (χ1v) is 10.1. The number of likely N-dealkylation sites (tertiary alicyclic amines) is 1. The molecule has 0 saturated carbocycles. The highest BCUT2D eigenvalue weighted by Crippen LogP contribution is 2.35. The second-order valence-electron chi connectivity index (χ2n) is 7.57. The highest BCUT2D eigenvalue weighted by molar-refractivity contribution is 6.30. The van der Waals surface area contributed by atoms with Crippen molar-refractivity contribution in [1.82, 2.24) is 19.7 Å². The zero-order chi connectivity index (χ0) is 20.7. The maximum absolute atomic E-state index is 12.7. The molecule has 0 unspecified atom stereocenters. The molecule has 0 spiro atoms. The van der Waals surface area contributed by atoms with E-state index in [1.165, 1.54) is 6.33 Å². The number of halogens is 1. The summed E-state index contributed by atoms with van der Waals surface area (Å²) in [5.74, 6) is 0.319. The number of amides is 2. The van der Waals surface area contributed by atoms with Crippen molar-refractivity contribution in [1.29, 1.82) is 0 Å². The van der Waals surface area contributed by atoms with Crippen molar-refractivity contribution in [3.63, 3.8) is 0 Å². The first-order chi connectivity index (χ1) is 14.0. The summed E-state index contributed by atoms with van der Waals surface area (Å²) < 4.78 is 7.65. The van der Waals surface area contributed by atoms with Gasteiger partial charge in [0.05, 0.1) is 6.61 Å². The van der Waals surface area contributed by atoms with Crippen LogP contribution in [0.15, 0.2) is 36.9 Å². The van der Waals surface area contributed by atoms with Crippen LogP contribution >= 0.6 is 11.6 Å². The zero-order valence-corrected chi connectivity index (χ0v) is 17.1. The molecule has 156 valence electrons. The molecule has 1 aromatic heterocycles. The Morgan fingerprint density at radius 2 is 2.21 bits per heavy atom. The van der Waals surface area contributed by atoms with E-state index in [9.17, 15) is 9.59 Å². The molecule has 2 amide bonds. The van der Waals surface area contributed by atoms with Crippen molar-refractivity contribution in [2.45, 2.75) is 38.6 Å². The molecule has 1 atom stereocenters. The van der Waals surface area contributed by atoms with Crippen LogP contribution in [0.3, 0.4) is 0 Å². The van der Waals surface area contributed by atoms with Crippen LogP contribution in [0.1, 0.15) is 32.1 Å². The Bertz CT molecular complexity index is 829. The van der Waals surface area contributed by atoms with E-state index in [1.54, 1.807) is 23.1 Å². The van der Waals surface area contributed by atoms with E-state index >= 15 is 0 Å². The lowest BCUT2D eigenvalue weighted by Gasteiger charge is -2.42. The number of carbonyl (C=O) groups is 2. The summed E-state index contributed by atoms with van der Waals surface area (Å²) in [5, 5.41) is 4.63. The molecule has 3 rings (SSSR count). The Kier molecular flexibility index (Phi) is 7.09. The number of aryl methyl sites for hydroxylation is 1. The van der Waals surface area contributed by atoms with Crippen molar-refractivity contribution in [2.75, 3.05) is 19.7 Å². The lowest BCUT2D eigenvalue weighted by molar-refractivity contribution is -0.137. The van der Waals surface area contributed by atoms with Gasteiger partial charge in [0.15, 0.2) is 0 Å². The Hall–Kier alpha value is -2.61. The maximum atomic E-state index is 12.7. The first-order valence-electron chi connectivity index (χ1n) is 9.73. The number of aromatic nitrogens is 3. The molecule has 8 nitrogen and oxygen atoms in total. The molecule has 2 aromatic rings.